The standard InChI is InChI=1S/C29H27Cl2N5O5/c1-16(38)24(15-37)32-14-17-10-11-22(35-28(17)41-3)20-8-4-6-18(25(20)30)19-7-5-9-23(26(19)31)34-27(39)21-12-13-33-36(2)29(21)40/h4-13,24,32,37H,14-15H2,1-3H3,(H,34,39)/t24-/m0/s1. The van der Waals surface area contributed by atoms with Crippen LogP contribution in [0.4, 0.5) is 5.69 Å². The first-order valence-electron chi connectivity index (χ1n) is 12.5. The van der Waals surface area contributed by atoms with Crippen LogP contribution in [-0.2, 0) is 18.4 Å². The van der Waals surface area contributed by atoms with Crippen molar-refractivity contribution in [3.05, 3.63) is 92.3 Å². The number of rotatable bonds is 10. The summed E-state index contributed by atoms with van der Waals surface area (Å²) >= 11 is 13.6. The number of nitrogens with zero attached hydrogens (tertiary/aromatic N) is 3. The first kappa shape index (κ1) is 29.9. The van der Waals surface area contributed by atoms with Crippen molar-refractivity contribution in [3.63, 3.8) is 0 Å². The van der Waals surface area contributed by atoms with Crippen molar-refractivity contribution in [3.8, 4) is 28.3 Å². The van der Waals surface area contributed by atoms with E-state index in [9.17, 15) is 19.5 Å². The maximum Gasteiger partial charge on any atom is 0.279 e. The predicted octanol–water partition coefficient (Wildman–Crippen LogP) is 4.12. The highest BCUT2D eigenvalue weighted by Gasteiger charge is 2.19. The van der Waals surface area contributed by atoms with Crippen LogP contribution in [0.3, 0.4) is 0 Å². The Morgan fingerprint density at radius 3 is 2.39 bits per heavy atom. The second-order valence-corrected chi connectivity index (χ2v) is 9.81. The maximum absolute atomic E-state index is 12.8. The molecular weight excluding hydrogens is 569 g/mol. The van der Waals surface area contributed by atoms with Gasteiger partial charge in [0.25, 0.3) is 11.5 Å². The zero-order valence-corrected chi connectivity index (χ0v) is 24.0. The number of carbonyl (C=O) groups is 2. The van der Waals surface area contributed by atoms with Crippen molar-refractivity contribution in [2.24, 2.45) is 7.05 Å². The van der Waals surface area contributed by atoms with Gasteiger partial charge in [-0.2, -0.15) is 5.10 Å². The summed E-state index contributed by atoms with van der Waals surface area (Å²) in [5.41, 5.74) is 2.70. The Kier molecular flexibility index (Phi) is 9.51. The second kappa shape index (κ2) is 13.0. The lowest BCUT2D eigenvalue weighted by Gasteiger charge is -2.16. The minimum absolute atomic E-state index is 0.0733. The van der Waals surface area contributed by atoms with Gasteiger partial charge in [0.05, 0.1) is 41.2 Å². The van der Waals surface area contributed by atoms with Crippen molar-refractivity contribution in [1.29, 1.82) is 0 Å². The molecule has 1 amide bonds. The number of nitrogens with one attached hydrogen (secondary N) is 2. The van der Waals surface area contributed by atoms with E-state index in [1.54, 1.807) is 42.5 Å². The third kappa shape index (κ3) is 6.47. The zero-order chi connectivity index (χ0) is 29.7. The summed E-state index contributed by atoms with van der Waals surface area (Å²) in [6.45, 7) is 1.34. The Bertz CT molecular complexity index is 1670. The Balaban J connectivity index is 1.65. The van der Waals surface area contributed by atoms with Gasteiger partial charge in [-0.1, -0.05) is 59.6 Å². The average Bonchev–Trinajstić information content (AvgIpc) is 2.96. The zero-order valence-electron chi connectivity index (χ0n) is 22.4. The number of aliphatic hydroxyl groups is 1. The van der Waals surface area contributed by atoms with Gasteiger partial charge in [-0.05, 0) is 25.1 Å². The monoisotopic (exact) mass is 595 g/mol. The fourth-order valence-corrected chi connectivity index (χ4v) is 4.74. The van der Waals surface area contributed by atoms with E-state index in [1.165, 1.54) is 33.3 Å². The van der Waals surface area contributed by atoms with E-state index < -0.39 is 17.5 Å². The lowest BCUT2D eigenvalue weighted by molar-refractivity contribution is -0.119. The number of pyridine rings is 1. The number of methoxy groups -OCH3 is 1. The van der Waals surface area contributed by atoms with Crippen LogP contribution in [0.5, 0.6) is 5.88 Å². The number of halogens is 2. The van der Waals surface area contributed by atoms with E-state index in [0.29, 0.717) is 44.5 Å². The van der Waals surface area contributed by atoms with Crippen LogP contribution in [0.15, 0.2) is 65.6 Å². The fourth-order valence-electron chi connectivity index (χ4n) is 4.14. The molecule has 1 atom stereocenters. The van der Waals surface area contributed by atoms with Crippen LogP contribution in [0.25, 0.3) is 22.4 Å². The Morgan fingerprint density at radius 2 is 1.71 bits per heavy atom. The number of aryl methyl sites for hydroxylation is 1. The highest BCUT2D eigenvalue weighted by Crippen LogP contribution is 2.41. The van der Waals surface area contributed by atoms with E-state index >= 15 is 0 Å². The number of anilines is 1. The quantitative estimate of drug-likeness (QED) is 0.249. The summed E-state index contributed by atoms with van der Waals surface area (Å²) in [7, 11) is 2.95. The first-order valence-corrected chi connectivity index (χ1v) is 13.2. The maximum atomic E-state index is 12.8. The Hall–Kier alpha value is -4.09. The van der Waals surface area contributed by atoms with Crippen molar-refractivity contribution in [2.45, 2.75) is 19.5 Å². The van der Waals surface area contributed by atoms with Gasteiger partial charge in [0, 0.05) is 42.0 Å². The molecule has 2 aromatic carbocycles. The molecule has 0 bridgehead atoms. The molecule has 41 heavy (non-hydrogen) atoms. The number of ketones is 1. The molecule has 4 aromatic rings. The molecule has 0 aliphatic carbocycles. The smallest absolute Gasteiger partial charge is 0.279 e. The number of carbonyl (C=O) groups excluding carboxylic acids is 2. The Labute approximate surface area is 245 Å². The molecule has 0 spiro atoms. The summed E-state index contributed by atoms with van der Waals surface area (Å²) in [5.74, 6) is -0.461. The molecule has 12 heteroatoms. The van der Waals surface area contributed by atoms with Crippen LogP contribution < -0.4 is 20.9 Å². The highest BCUT2D eigenvalue weighted by molar-refractivity contribution is 6.39. The molecule has 2 heterocycles. The number of aliphatic hydroxyl groups excluding tert-OH is 1. The third-order valence-corrected chi connectivity index (χ3v) is 7.22. The van der Waals surface area contributed by atoms with E-state index in [-0.39, 0.29) is 29.5 Å². The number of aromatic nitrogens is 3. The molecule has 0 aliphatic heterocycles. The molecule has 0 unspecified atom stereocenters. The summed E-state index contributed by atoms with van der Waals surface area (Å²) in [6.07, 6.45) is 1.36. The summed E-state index contributed by atoms with van der Waals surface area (Å²) in [4.78, 5) is 41.4. The van der Waals surface area contributed by atoms with Crippen LogP contribution in [0, 0.1) is 0 Å². The summed E-state index contributed by atoms with van der Waals surface area (Å²) in [5, 5.41) is 19.5. The van der Waals surface area contributed by atoms with Gasteiger partial charge in [0.1, 0.15) is 11.3 Å². The number of benzene rings is 2. The van der Waals surface area contributed by atoms with E-state index in [4.69, 9.17) is 27.9 Å². The van der Waals surface area contributed by atoms with Gasteiger partial charge in [0.2, 0.25) is 5.88 Å². The van der Waals surface area contributed by atoms with Gasteiger partial charge in [-0.25, -0.2) is 9.67 Å². The summed E-state index contributed by atoms with van der Waals surface area (Å²) in [6, 6.07) is 14.8. The SMILES string of the molecule is COc1nc(-c2cccc(-c3cccc(NC(=O)c4ccnn(C)c4=O)c3Cl)c2Cl)ccc1CN[C@@H](CO)C(C)=O. The second-order valence-electron chi connectivity index (χ2n) is 9.05. The van der Waals surface area contributed by atoms with Gasteiger partial charge in [0.15, 0.2) is 0 Å². The van der Waals surface area contributed by atoms with Gasteiger partial charge >= 0.3 is 0 Å². The van der Waals surface area contributed by atoms with Crippen molar-refractivity contribution < 1.29 is 19.4 Å². The van der Waals surface area contributed by atoms with Gasteiger partial charge < -0.3 is 20.5 Å². The van der Waals surface area contributed by atoms with Gasteiger partial charge in [-0.15, -0.1) is 0 Å². The van der Waals surface area contributed by atoms with E-state index in [0.717, 1.165) is 4.68 Å². The van der Waals surface area contributed by atoms with Crippen LogP contribution in [-0.4, -0.2) is 51.3 Å². The molecule has 2 aromatic heterocycles. The molecule has 0 fully saturated rings. The highest BCUT2D eigenvalue weighted by atomic mass is 35.5. The normalized spacial score (nSPS) is 11.7. The minimum Gasteiger partial charge on any atom is -0.481 e. The van der Waals surface area contributed by atoms with E-state index in [2.05, 4.69) is 20.7 Å². The molecule has 0 radical (unpaired) electrons. The molecule has 0 saturated heterocycles. The van der Waals surface area contributed by atoms with Crippen LogP contribution in [0.2, 0.25) is 10.0 Å². The number of hydrogen-bond donors (Lipinski definition) is 3. The number of ether oxygens (including phenoxy) is 1. The van der Waals surface area contributed by atoms with E-state index in [1.807, 2.05) is 6.07 Å². The molecule has 10 nitrogen and oxygen atoms in total. The van der Waals surface area contributed by atoms with Crippen molar-refractivity contribution >= 4 is 40.6 Å². The molecule has 3 N–H and O–H groups in total. The molecule has 0 saturated carbocycles. The largest absolute Gasteiger partial charge is 0.481 e. The summed E-state index contributed by atoms with van der Waals surface area (Å²) < 4.78 is 6.55. The first-order chi connectivity index (χ1) is 19.7. The van der Waals surface area contributed by atoms with Crippen molar-refractivity contribution in [2.75, 3.05) is 19.0 Å². The lowest BCUT2D eigenvalue weighted by Crippen LogP contribution is -2.38. The lowest BCUT2D eigenvalue weighted by atomic mass is 10.00. The number of Topliss-reactive ketones (excluding diaryl/α,β-unsaturated/α-hetero) is 1. The van der Waals surface area contributed by atoms with Gasteiger partial charge in [-0.3, -0.25) is 14.4 Å². The fraction of sp³-hybridized carbons (Fsp3) is 0.207. The van der Waals surface area contributed by atoms with Crippen LogP contribution >= 0.6 is 23.2 Å². The van der Waals surface area contributed by atoms with Crippen LogP contribution in [0.1, 0.15) is 22.8 Å². The third-order valence-electron chi connectivity index (χ3n) is 6.41. The minimum atomic E-state index is -0.689. The molecule has 212 valence electrons. The molecule has 0 aliphatic rings. The molecule has 4 rings (SSSR count). The Morgan fingerprint density at radius 1 is 1.02 bits per heavy atom. The number of amides is 1. The van der Waals surface area contributed by atoms with Crippen molar-refractivity contribution in [1.82, 2.24) is 20.1 Å². The topological polar surface area (TPSA) is 135 Å². The average molecular weight is 596 g/mol. The predicted molar refractivity (Wildman–Crippen MR) is 158 cm³/mol. The molecular formula is C29H27Cl2N5O5. The number of hydrogen-bond acceptors (Lipinski definition) is 8.